The second-order valence-corrected chi connectivity index (χ2v) is 6.39. The first kappa shape index (κ1) is 13.6. The van der Waals surface area contributed by atoms with E-state index in [0.717, 1.165) is 0 Å². The van der Waals surface area contributed by atoms with Crippen LogP contribution in [0.4, 0.5) is 0 Å². The fourth-order valence-electron chi connectivity index (χ4n) is 1.71. The third-order valence-corrected chi connectivity index (χ3v) is 4.85. The van der Waals surface area contributed by atoms with Crippen LogP contribution in [0.15, 0.2) is 59.5 Å². The van der Waals surface area contributed by atoms with Gasteiger partial charge in [-0.15, -0.1) is 0 Å². The van der Waals surface area contributed by atoms with Crippen LogP contribution in [0.3, 0.4) is 0 Å². The number of nitriles is 1. The fourth-order valence-corrected chi connectivity index (χ4v) is 3.30. The Morgan fingerprint density at radius 3 is 2.11 bits per heavy atom. The highest BCUT2D eigenvalue weighted by atomic mass is 35.5. The Bertz CT molecular complexity index is 703. The quantitative estimate of drug-likeness (QED) is 0.871. The first-order valence-corrected chi connectivity index (χ1v) is 7.42. The normalized spacial score (nSPS) is 12.6. The number of rotatable bonds is 3. The minimum atomic E-state index is -3.72. The standard InChI is InChI=1S/C14H10ClNO2S/c15-12-8-6-11(7-9-12)14(10-16)19(17,18)13-4-2-1-3-5-13/h1-9,14H. The molecule has 0 spiro atoms. The Balaban J connectivity index is 2.49. The van der Waals surface area contributed by atoms with Crippen molar-refractivity contribution in [1.29, 1.82) is 5.26 Å². The van der Waals surface area contributed by atoms with Gasteiger partial charge < -0.3 is 0 Å². The summed E-state index contributed by atoms with van der Waals surface area (Å²) >= 11 is 5.76. The van der Waals surface area contributed by atoms with Gasteiger partial charge in [0.15, 0.2) is 15.1 Å². The van der Waals surface area contributed by atoms with E-state index in [0.29, 0.717) is 10.6 Å². The maximum Gasteiger partial charge on any atom is 0.198 e. The van der Waals surface area contributed by atoms with Gasteiger partial charge in [-0.2, -0.15) is 5.26 Å². The van der Waals surface area contributed by atoms with Crippen LogP contribution < -0.4 is 0 Å². The summed E-state index contributed by atoms with van der Waals surface area (Å²) in [6, 6.07) is 16.0. The fraction of sp³-hybridized carbons (Fsp3) is 0.0714. The summed E-state index contributed by atoms with van der Waals surface area (Å²) in [5, 5.41) is 8.45. The van der Waals surface area contributed by atoms with Gasteiger partial charge in [0, 0.05) is 5.02 Å². The SMILES string of the molecule is N#CC(c1ccc(Cl)cc1)S(=O)(=O)c1ccccc1. The summed E-state index contributed by atoms with van der Waals surface area (Å²) in [6.07, 6.45) is 0. The van der Waals surface area contributed by atoms with Crippen LogP contribution in [-0.2, 0) is 9.84 Å². The lowest BCUT2D eigenvalue weighted by Crippen LogP contribution is -2.12. The monoisotopic (exact) mass is 291 g/mol. The zero-order valence-corrected chi connectivity index (χ0v) is 11.4. The second-order valence-electron chi connectivity index (χ2n) is 3.92. The molecule has 0 aromatic heterocycles. The molecule has 0 saturated heterocycles. The van der Waals surface area contributed by atoms with Gasteiger partial charge in [-0.3, -0.25) is 0 Å². The molecule has 1 unspecified atom stereocenters. The van der Waals surface area contributed by atoms with Gasteiger partial charge in [0.1, 0.15) is 0 Å². The Morgan fingerprint density at radius 1 is 1.00 bits per heavy atom. The third-order valence-electron chi connectivity index (χ3n) is 2.67. The lowest BCUT2D eigenvalue weighted by atomic mass is 10.2. The molecule has 19 heavy (non-hydrogen) atoms. The van der Waals surface area contributed by atoms with E-state index in [2.05, 4.69) is 0 Å². The van der Waals surface area contributed by atoms with Crippen molar-refractivity contribution in [3.8, 4) is 6.07 Å². The average molecular weight is 292 g/mol. The summed E-state index contributed by atoms with van der Waals surface area (Å²) in [7, 11) is -3.72. The lowest BCUT2D eigenvalue weighted by molar-refractivity contribution is 0.591. The highest BCUT2D eigenvalue weighted by Crippen LogP contribution is 2.28. The average Bonchev–Trinajstić information content (AvgIpc) is 2.42. The zero-order chi connectivity index (χ0) is 13.9. The van der Waals surface area contributed by atoms with Crippen molar-refractivity contribution in [3.63, 3.8) is 0 Å². The molecule has 96 valence electrons. The van der Waals surface area contributed by atoms with Crippen molar-refractivity contribution < 1.29 is 8.42 Å². The van der Waals surface area contributed by atoms with Crippen molar-refractivity contribution >= 4 is 21.4 Å². The predicted octanol–water partition coefficient (Wildman–Crippen LogP) is 3.38. The molecule has 5 heteroatoms. The van der Waals surface area contributed by atoms with Gasteiger partial charge in [0.2, 0.25) is 0 Å². The molecule has 1 atom stereocenters. The van der Waals surface area contributed by atoms with Crippen molar-refractivity contribution in [2.75, 3.05) is 0 Å². The Kier molecular flexibility index (Phi) is 3.89. The minimum Gasteiger partial charge on any atom is -0.222 e. The molecular formula is C14H10ClNO2S. The van der Waals surface area contributed by atoms with Gasteiger partial charge in [0.05, 0.1) is 11.0 Å². The van der Waals surface area contributed by atoms with E-state index in [1.807, 2.05) is 6.07 Å². The van der Waals surface area contributed by atoms with E-state index < -0.39 is 15.1 Å². The number of hydrogen-bond donors (Lipinski definition) is 0. The van der Waals surface area contributed by atoms with Crippen LogP contribution in [0.2, 0.25) is 5.02 Å². The smallest absolute Gasteiger partial charge is 0.198 e. The van der Waals surface area contributed by atoms with Crippen LogP contribution in [0.5, 0.6) is 0 Å². The van der Waals surface area contributed by atoms with E-state index in [9.17, 15) is 13.7 Å². The summed E-state index contributed by atoms with van der Waals surface area (Å²) < 4.78 is 24.8. The third kappa shape index (κ3) is 2.78. The largest absolute Gasteiger partial charge is 0.222 e. The Hall–Kier alpha value is -1.83. The molecule has 0 aliphatic heterocycles. The van der Waals surface area contributed by atoms with E-state index in [1.165, 1.54) is 12.1 Å². The summed E-state index contributed by atoms with van der Waals surface area (Å²) in [5.74, 6) is 0. The van der Waals surface area contributed by atoms with E-state index in [4.69, 9.17) is 11.6 Å². The maximum atomic E-state index is 12.4. The highest BCUT2D eigenvalue weighted by Gasteiger charge is 2.28. The highest BCUT2D eigenvalue weighted by molar-refractivity contribution is 7.92. The van der Waals surface area contributed by atoms with Gasteiger partial charge >= 0.3 is 0 Å². The number of hydrogen-bond acceptors (Lipinski definition) is 3. The maximum absolute atomic E-state index is 12.4. The van der Waals surface area contributed by atoms with Gasteiger partial charge in [-0.1, -0.05) is 41.9 Å². The van der Waals surface area contributed by atoms with Crippen LogP contribution in [-0.4, -0.2) is 8.42 Å². The topological polar surface area (TPSA) is 57.9 Å². The van der Waals surface area contributed by atoms with Crippen molar-refractivity contribution in [2.24, 2.45) is 0 Å². The van der Waals surface area contributed by atoms with Crippen molar-refractivity contribution in [2.45, 2.75) is 10.1 Å². The zero-order valence-electron chi connectivity index (χ0n) is 9.82. The molecule has 0 radical (unpaired) electrons. The minimum absolute atomic E-state index is 0.136. The van der Waals surface area contributed by atoms with E-state index in [-0.39, 0.29) is 4.90 Å². The Labute approximate surface area is 117 Å². The molecule has 0 aliphatic carbocycles. The molecular weight excluding hydrogens is 282 g/mol. The van der Waals surface area contributed by atoms with Crippen LogP contribution in [0, 0.1) is 11.3 Å². The molecule has 2 rings (SSSR count). The molecule has 0 fully saturated rings. The lowest BCUT2D eigenvalue weighted by Gasteiger charge is -2.11. The molecule has 0 aliphatic rings. The van der Waals surface area contributed by atoms with Crippen LogP contribution >= 0.6 is 11.6 Å². The second kappa shape index (κ2) is 5.43. The molecule has 0 heterocycles. The summed E-state index contributed by atoms with van der Waals surface area (Å²) in [6.45, 7) is 0. The van der Waals surface area contributed by atoms with Crippen molar-refractivity contribution in [1.82, 2.24) is 0 Å². The first-order valence-electron chi connectivity index (χ1n) is 5.50. The number of benzene rings is 2. The molecule has 0 bridgehead atoms. The van der Waals surface area contributed by atoms with E-state index >= 15 is 0 Å². The van der Waals surface area contributed by atoms with Crippen LogP contribution in [0.25, 0.3) is 0 Å². The van der Waals surface area contributed by atoms with Gasteiger partial charge in [-0.05, 0) is 29.8 Å². The number of nitrogens with zero attached hydrogens (tertiary/aromatic N) is 1. The molecule has 3 nitrogen and oxygen atoms in total. The molecule has 0 N–H and O–H groups in total. The van der Waals surface area contributed by atoms with Gasteiger partial charge in [-0.25, -0.2) is 8.42 Å². The Morgan fingerprint density at radius 2 is 1.58 bits per heavy atom. The van der Waals surface area contributed by atoms with E-state index in [1.54, 1.807) is 42.5 Å². The van der Waals surface area contributed by atoms with Gasteiger partial charge in [0.25, 0.3) is 0 Å². The van der Waals surface area contributed by atoms with Crippen molar-refractivity contribution in [3.05, 3.63) is 65.2 Å². The predicted molar refractivity (Wildman–Crippen MR) is 73.4 cm³/mol. The molecule has 0 amide bonds. The molecule has 0 saturated carbocycles. The number of sulfone groups is 1. The molecule has 2 aromatic carbocycles. The summed E-state index contributed by atoms with van der Waals surface area (Å²) in [4.78, 5) is 0.136. The van der Waals surface area contributed by atoms with Crippen LogP contribution in [0.1, 0.15) is 10.8 Å². The number of halogens is 1. The first-order chi connectivity index (χ1) is 9.05. The molecule has 2 aromatic rings. The summed E-state index contributed by atoms with van der Waals surface area (Å²) in [5.41, 5.74) is 0.413.